The minimum Gasteiger partial charge on any atom is -0.461 e. The average molecular weight is 157 g/mol. The molecule has 0 amide bonds. The van der Waals surface area contributed by atoms with Gasteiger partial charge < -0.3 is 10.5 Å². The van der Waals surface area contributed by atoms with E-state index in [9.17, 15) is 4.79 Å². The van der Waals surface area contributed by atoms with Gasteiger partial charge in [0.1, 0.15) is 12.1 Å². The first-order valence-electron chi connectivity index (χ1n) is 3.87. The lowest BCUT2D eigenvalue weighted by atomic mass is 9.87. The van der Waals surface area contributed by atoms with E-state index >= 15 is 0 Å². The van der Waals surface area contributed by atoms with Crippen LogP contribution in [0.15, 0.2) is 0 Å². The summed E-state index contributed by atoms with van der Waals surface area (Å²) in [6, 6.07) is -0.403. The van der Waals surface area contributed by atoms with Crippen LogP contribution < -0.4 is 5.73 Å². The van der Waals surface area contributed by atoms with Crippen LogP contribution in [0.4, 0.5) is 0 Å². The Morgan fingerprint density at radius 3 is 2.27 bits per heavy atom. The molecule has 2 unspecified atom stereocenters. The third-order valence-electron chi connectivity index (χ3n) is 2.00. The van der Waals surface area contributed by atoms with E-state index in [4.69, 9.17) is 10.5 Å². The summed E-state index contributed by atoms with van der Waals surface area (Å²) in [6.07, 6.45) is 0.646. The van der Waals surface area contributed by atoms with E-state index in [0.29, 0.717) is 6.42 Å². The van der Waals surface area contributed by atoms with Crippen molar-refractivity contribution < 1.29 is 9.53 Å². The second kappa shape index (κ2) is 2.48. The lowest BCUT2D eigenvalue weighted by Crippen LogP contribution is -2.27. The Morgan fingerprint density at radius 2 is 2.09 bits per heavy atom. The summed E-state index contributed by atoms with van der Waals surface area (Å²) < 4.78 is 5.07. The molecule has 1 aliphatic rings. The van der Waals surface area contributed by atoms with E-state index in [1.54, 1.807) is 0 Å². The zero-order valence-electron chi connectivity index (χ0n) is 7.26. The van der Waals surface area contributed by atoms with Crippen molar-refractivity contribution in [3.8, 4) is 0 Å². The first kappa shape index (κ1) is 8.53. The zero-order valence-corrected chi connectivity index (χ0v) is 7.26. The zero-order chi connectivity index (χ0) is 8.65. The van der Waals surface area contributed by atoms with Crippen molar-refractivity contribution in [1.29, 1.82) is 0 Å². The molecule has 0 aliphatic carbocycles. The van der Waals surface area contributed by atoms with Crippen molar-refractivity contribution in [3.63, 3.8) is 0 Å². The SMILES string of the molecule is CC(C)(C)C1CC(N)C(=O)O1. The molecule has 0 radical (unpaired) electrons. The Bertz CT molecular complexity index is 171. The molecule has 2 atom stereocenters. The summed E-state index contributed by atoms with van der Waals surface area (Å²) in [5, 5.41) is 0. The number of rotatable bonds is 0. The summed E-state index contributed by atoms with van der Waals surface area (Å²) >= 11 is 0. The van der Waals surface area contributed by atoms with Crippen LogP contribution in [0.5, 0.6) is 0 Å². The summed E-state index contributed by atoms with van der Waals surface area (Å²) in [7, 11) is 0. The van der Waals surface area contributed by atoms with Gasteiger partial charge in [-0.25, -0.2) is 0 Å². The molecule has 1 fully saturated rings. The van der Waals surface area contributed by atoms with E-state index in [1.165, 1.54) is 0 Å². The first-order valence-corrected chi connectivity index (χ1v) is 3.87. The fourth-order valence-electron chi connectivity index (χ4n) is 1.13. The molecule has 3 heteroatoms. The minimum atomic E-state index is -0.403. The lowest BCUT2D eigenvalue weighted by Gasteiger charge is -2.24. The van der Waals surface area contributed by atoms with E-state index < -0.39 is 6.04 Å². The van der Waals surface area contributed by atoms with Gasteiger partial charge in [-0.3, -0.25) is 4.79 Å². The van der Waals surface area contributed by atoms with Gasteiger partial charge in [0.2, 0.25) is 0 Å². The van der Waals surface area contributed by atoms with E-state index in [0.717, 1.165) is 0 Å². The molecule has 0 aromatic carbocycles. The summed E-state index contributed by atoms with van der Waals surface area (Å²) in [6.45, 7) is 6.13. The van der Waals surface area contributed by atoms with Gasteiger partial charge in [0, 0.05) is 6.42 Å². The number of hydrogen-bond donors (Lipinski definition) is 1. The van der Waals surface area contributed by atoms with Crippen molar-refractivity contribution in [3.05, 3.63) is 0 Å². The number of nitrogens with two attached hydrogens (primary N) is 1. The molecule has 0 saturated carbocycles. The van der Waals surface area contributed by atoms with E-state index in [-0.39, 0.29) is 17.5 Å². The Labute approximate surface area is 66.9 Å². The molecular weight excluding hydrogens is 142 g/mol. The maximum absolute atomic E-state index is 10.9. The average Bonchev–Trinajstić information content (AvgIpc) is 2.11. The molecule has 3 nitrogen and oxygen atoms in total. The Balaban J connectivity index is 2.61. The fourth-order valence-corrected chi connectivity index (χ4v) is 1.13. The van der Waals surface area contributed by atoms with Gasteiger partial charge in [-0.2, -0.15) is 0 Å². The normalized spacial score (nSPS) is 32.2. The molecule has 1 heterocycles. The molecule has 0 spiro atoms. The topological polar surface area (TPSA) is 52.3 Å². The van der Waals surface area contributed by atoms with Crippen LogP contribution in [0.2, 0.25) is 0 Å². The number of ether oxygens (including phenoxy) is 1. The summed E-state index contributed by atoms with van der Waals surface area (Å²) in [5.41, 5.74) is 5.51. The van der Waals surface area contributed by atoms with Gasteiger partial charge in [0.05, 0.1) is 0 Å². The third kappa shape index (κ3) is 1.71. The Hall–Kier alpha value is -0.570. The van der Waals surface area contributed by atoms with Gasteiger partial charge in [-0.15, -0.1) is 0 Å². The van der Waals surface area contributed by atoms with Crippen LogP contribution in [0.1, 0.15) is 27.2 Å². The van der Waals surface area contributed by atoms with E-state index in [2.05, 4.69) is 0 Å². The van der Waals surface area contributed by atoms with Crippen molar-refractivity contribution in [2.45, 2.75) is 39.3 Å². The summed E-state index contributed by atoms with van der Waals surface area (Å²) in [5.74, 6) is -0.259. The van der Waals surface area contributed by atoms with Crippen LogP contribution in [-0.2, 0) is 9.53 Å². The Morgan fingerprint density at radius 1 is 1.55 bits per heavy atom. The second-order valence-corrected chi connectivity index (χ2v) is 4.13. The van der Waals surface area contributed by atoms with E-state index in [1.807, 2.05) is 20.8 Å². The van der Waals surface area contributed by atoms with Gasteiger partial charge in [0.15, 0.2) is 0 Å². The number of cyclic esters (lactones) is 1. The third-order valence-corrected chi connectivity index (χ3v) is 2.00. The number of esters is 1. The first-order chi connectivity index (χ1) is 4.91. The van der Waals surface area contributed by atoms with Crippen molar-refractivity contribution in [1.82, 2.24) is 0 Å². The predicted molar refractivity (Wildman–Crippen MR) is 41.9 cm³/mol. The maximum Gasteiger partial charge on any atom is 0.323 e. The standard InChI is InChI=1S/C8H15NO2/c1-8(2,3)6-4-5(9)7(10)11-6/h5-6H,4,9H2,1-3H3. The highest BCUT2D eigenvalue weighted by Gasteiger charge is 2.38. The molecule has 0 aromatic heterocycles. The number of carbonyl (C=O) groups is 1. The maximum atomic E-state index is 10.9. The quantitative estimate of drug-likeness (QED) is 0.526. The van der Waals surface area contributed by atoms with Crippen molar-refractivity contribution in [2.24, 2.45) is 11.1 Å². The van der Waals surface area contributed by atoms with Crippen LogP contribution >= 0.6 is 0 Å². The molecule has 1 saturated heterocycles. The van der Waals surface area contributed by atoms with Gasteiger partial charge in [0.25, 0.3) is 0 Å². The van der Waals surface area contributed by atoms with Gasteiger partial charge in [-0.05, 0) is 5.41 Å². The van der Waals surface area contributed by atoms with Crippen LogP contribution in [-0.4, -0.2) is 18.1 Å². The fraction of sp³-hybridized carbons (Fsp3) is 0.875. The molecule has 64 valence electrons. The molecule has 1 rings (SSSR count). The highest BCUT2D eigenvalue weighted by atomic mass is 16.6. The largest absolute Gasteiger partial charge is 0.461 e. The highest BCUT2D eigenvalue weighted by molar-refractivity contribution is 5.77. The van der Waals surface area contributed by atoms with Crippen LogP contribution in [0.25, 0.3) is 0 Å². The minimum absolute atomic E-state index is 0.00926. The van der Waals surface area contributed by atoms with Crippen LogP contribution in [0, 0.1) is 5.41 Å². The molecular formula is C8H15NO2. The molecule has 0 bridgehead atoms. The monoisotopic (exact) mass is 157 g/mol. The predicted octanol–water partition coefficient (Wildman–Crippen LogP) is 0.675. The molecule has 0 aromatic rings. The van der Waals surface area contributed by atoms with Crippen molar-refractivity contribution >= 4 is 5.97 Å². The van der Waals surface area contributed by atoms with Gasteiger partial charge >= 0.3 is 5.97 Å². The van der Waals surface area contributed by atoms with Crippen LogP contribution in [0.3, 0.4) is 0 Å². The Kier molecular flexibility index (Phi) is 1.92. The number of hydrogen-bond acceptors (Lipinski definition) is 3. The second-order valence-electron chi connectivity index (χ2n) is 4.13. The van der Waals surface area contributed by atoms with Crippen molar-refractivity contribution in [2.75, 3.05) is 0 Å². The summed E-state index contributed by atoms with van der Waals surface area (Å²) in [4.78, 5) is 10.9. The number of carbonyl (C=O) groups excluding carboxylic acids is 1. The molecule has 1 aliphatic heterocycles. The lowest BCUT2D eigenvalue weighted by molar-refractivity contribution is -0.145. The smallest absolute Gasteiger partial charge is 0.323 e. The molecule has 2 N–H and O–H groups in total. The van der Waals surface area contributed by atoms with Gasteiger partial charge in [-0.1, -0.05) is 20.8 Å². The molecule has 11 heavy (non-hydrogen) atoms. The highest BCUT2D eigenvalue weighted by Crippen LogP contribution is 2.29.